The summed E-state index contributed by atoms with van der Waals surface area (Å²) in [7, 11) is 3.97. The summed E-state index contributed by atoms with van der Waals surface area (Å²) >= 11 is 0. The smallest absolute Gasteiger partial charge is 0.311 e. The van der Waals surface area contributed by atoms with Gasteiger partial charge >= 0.3 is 5.97 Å². The van der Waals surface area contributed by atoms with Crippen molar-refractivity contribution in [1.29, 1.82) is 0 Å². The zero-order valence-electron chi connectivity index (χ0n) is 13.9. The van der Waals surface area contributed by atoms with Gasteiger partial charge in [0.1, 0.15) is 0 Å². The number of carboxylic acid groups (broad SMARTS) is 1. The first kappa shape index (κ1) is 16.1. The molecule has 0 saturated heterocycles. The highest BCUT2D eigenvalue weighted by Gasteiger charge is 2.22. The van der Waals surface area contributed by atoms with Crippen LogP contribution in [0, 0.1) is 0 Å². The summed E-state index contributed by atoms with van der Waals surface area (Å²) in [6.07, 6.45) is 0.477. The average molecular weight is 319 g/mol. The van der Waals surface area contributed by atoms with Crippen LogP contribution in [0.15, 0.2) is 66.7 Å². The lowest BCUT2D eigenvalue weighted by molar-refractivity contribution is -0.138. The lowest BCUT2D eigenvalue weighted by Crippen LogP contribution is -2.15. The van der Waals surface area contributed by atoms with Gasteiger partial charge in [0.25, 0.3) is 0 Å². The van der Waals surface area contributed by atoms with Gasteiger partial charge in [-0.1, -0.05) is 54.6 Å². The van der Waals surface area contributed by atoms with Gasteiger partial charge in [-0.2, -0.15) is 0 Å². The van der Waals surface area contributed by atoms with Gasteiger partial charge in [-0.3, -0.25) is 4.79 Å². The molecule has 3 nitrogen and oxygen atoms in total. The Kier molecular flexibility index (Phi) is 4.52. The molecule has 0 heterocycles. The van der Waals surface area contributed by atoms with Crippen molar-refractivity contribution >= 4 is 22.4 Å². The van der Waals surface area contributed by atoms with Gasteiger partial charge in [-0.15, -0.1) is 0 Å². The van der Waals surface area contributed by atoms with E-state index >= 15 is 0 Å². The highest BCUT2D eigenvalue weighted by atomic mass is 16.4. The van der Waals surface area contributed by atoms with E-state index in [-0.39, 0.29) is 0 Å². The third kappa shape index (κ3) is 3.25. The number of carbonyl (C=O) groups is 1. The second-order valence-electron chi connectivity index (χ2n) is 6.23. The van der Waals surface area contributed by atoms with Crippen LogP contribution >= 0.6 is 0 Å². The van der Waals surface area contributed by atoms with Crippen LogP contribution < -0.4 is 4.90 Å². The van der Waals surface area contributed by atoms with E-state index in [4.69, 9.17) is 0 Å². The second-order valence-corrected chi connectivity index (χ2v) is 6.23. The van der Waals surface area contributed by atoms with Gasteiger partial charge in [0.05, 0.1) is 5.92 Å². The van der Waals surface area contributed by atoms with Crippen LogP contribution in [0.1, 0.15) is 17.0 Å². The Hall–Kier alpha value is -2.81. The SMILES string of the molecule is CN(C)c1cccc(CC(C(=O)O)c2cccc3ccccc23)c1. The van der Waals surface area contributed by atoms with Crippen molar-refractivity contribution in [3.63, 3.8) is 0 Å². The molecule has 0 spiro atoms. The molecule has 3 rings (SSSR count). The minimum atomic E-state index is -0.790. The molecule has 0 fully saturated rings. The van der Waals surface area contributed by atoms with Crippen molar-refractivity contribution in [2.24, 2.45) is 0 Å². The molecule has 1 N–H and O–H groups in total. The fourth-order valence-electron chi connectivity index (χ4n) is 3.08. The zero-order chi connectivity index (χ0) is 17.1. The summed E-state index contributed by atoms with van der Waals surface area (Å²) in [5, 5.41) is 11.9. The molecule has 1 atom stereocenters. The number of anilines is 1. The standard InChI is InChI=1S/C21H21NO2/c1-22(2)17-10-5-7-15(13-17)14-20(21(23)24)19-12-6-9-16-8-3-4-11-18(16)19/h3-13,20H,14H2,1-2H3,(H,23,24). The maximum atomic E-state index is 12.0. The van der Waals surface area contributed by atoms with Crippen molar-refractivity contribution in [2.75, 3.05) is 19.0 Å². The Morgan fingerprint density at radius 1 is 1.00 bits per heavy atom. The molecule has 1 unspecified atom stereocenters. The number of carboxylic acids is 1. The van der Waals surface area contributed by atoms with Gasteiger partial charge in [-0.25, -0.2) is 0 Å². The van der Waals surface area contributed by atoms with Crippen LogP contribution in [-0.2, 0) is 11.2 Å². The number of benzene rings is 3. The van der Waals surface area contributed by atoms with Crippen LogP contribution in [0.4, 0.5) is 5.69 Å². The van der Waals surface area contributed by atoms with Gasteiger partial charge in [0.15, 0.2) is 0 Å². The molecule has 122 valence electrons. The first-order chi connectivity index (χ1) is 11.6. The van der Waals surface area contributed by atoms with E-state index in [0.29, 0.717) is 6.42 Å². The molecule has 0 aliphatic rings. The Labute approximate surface area is 142 Å². The van der Waals surface area contributed by atoms with Gasteiger partial charge in [0.2, 0.25) is 0 Å². The van der Waals surface area contributed by atoms with E-state index in [9.17, 15) is 9.90 Å². The molecule has 0 aromatic heterocycles. The molecule has 3 heteroatoms. The topological polar surface area (TPSA) is 40.5 Å². The fourth-order valence-corrected chi connectivity index (χ4v) is 3.08. The highest BCUT2D eigenvalue weighted by Crippen LogP contribution is 2.29. The molecular formula is C21H21NO2. The first-order valence-electron chi connectivity index (χ1n) is 8.03. The van der Waals surface area contributed by atoms with E-state index < -0.39 is 11.9 Å². The Morgan fingerprint density at radius 3 is 2.46 bits per heavy atom. The van der Waals surface area contributed by atoms with Crippen molar-refractivity contribution in [2.45, 2.75) is 12.3 Å². The Bertz CT molecular complexity index is 865. The summed E-state index contributed by atoms with van der Waals surface area (Å²) in [5.74, 6) is -1.35. The van der Waals surface area contributed by atoms with E-state index in [2.05, 4.69) is 6.07 Å². The molecule has 24 heavy (non-hydrogen) atoms. The van der Waals surface area contributed by atoms with Crippen LogP contribution in [0.5, 0.6) is 0 Å². The van der Waals surface area contributed by atoms with Gasteiger partial charge in [-0.05, 0) is 40.5 Å². The molecule has 0 bridgehead atoms. The summed E-state index contributed by atoms with van der Waals surface area (Å²) in [4.78, 5) is 14.0. The Morgan fingerprint density at radius 2 is 1.71 bits per heavy atom. The van der Waals surface area contributed by atoms with Crippen molar-refractivity contribution in [3.05, 3.63) is 77.9 Å². The van der Waals surface area contributed by atoms with Crippen LogP contribution in [0.25, 0.3) is 10.8 Å². The van der Waals surface area contributed by atoms with E-state index in [1.165, 1.54) is 0 Å². The molecule has 0 aliphatic carbocycles. The number of rotatable bonds is 5. The Balaban J connectivity index is 2.01. The van der Waals surface area contributed by atoms with E-state index in [1.807, 2.05) is 79.7 Å². The molecule has 3 aromatic rings. The number of fused-ring (bicyclic) bond motifs is 1. The van der Waals surface area contributed by atoms with Crippen molar-refractivity contribution in [3.8, 4) is 0 Å². The second kappa shape index (κ2) is 6.75. The van der Waals surface area contributed by atoms with Crippen LogP contribution in [0.2, 0.25) is 0 Å². The number of aliphatic carboxylic acids is 1. The maximum Gasteiger partial charge on any atom is 0.311 e. The average Bonchev–Trinajstić information content (AvgIpc) is 2.59. The van der Waals surface area contributed by atoms with Gasteiger partial charge < -0.3 is 10.0 Å². The predicted molar refractivity (Wildman–Crippen MR) is 98.8 cm³/mol. The van der Waals surface area contributed by atoms with Crippen molar-refractivity contribution in [1.82, 2.24) is 0 Å². The number of hydrogen-bond donors (Lipinski definition) is 1. The number of hydrogen-bond acceptors (Lipinski definition) is 2. The van der Waals surface area contributed by atoms with E-state index in [1.54, 1.807) is 0 Å². The number of nitrogens with zero attached hydrogens (tertiary/aromatic N) is 1. The van der Waals surface area contributed by atoms with Crippen LogP contribution in [-0.4, -0.2) is 25.2 Å². The lowest BCUT2D eigenvalue weighted by atomic mass is 9.88. The van der Waals surface area contributed by atoms with E-state index in [0.717, 1.165) is 27.6 Å². The molecule has 0 aliphatic heterocycles. The molecular weight excluding hydrogens is 298 g/mol. The zero-order valence-corrected chi connectivity index (χ0v) is 13.9. The molecule has 0 radical (unpaired) electrons. The normalized spacial score (nSPS) is 12.1. The van der Waals surface area contributed by atoms with Crippen molar-refractivity contribution < 1.29 is 9.90 Å². The summed E-state index contributed by atoms with van der Waals surface area (Å²) in [6.45, 7) is 0. The molecule has 0 amide bonds. The summed E-state index contributed by atoms with van der Waals surface area (Å²) in [6, 6.07) is 21.9. The minimum Gasteiger partial charge on any atom is -0.481 e. The molecule has 3 aromatic carbocycles. The monoisotopic (exact) mass is 319 g/mol. The third-order valence-electron chi connectivity index (χ3n) is 4.36. The van der Waals surface area contributed by atoms with Gasteiger partial charge in [0, 0.05) is 19.8 Å². The largest absolute Gasteiger partial charge is 0.481 e. The first-order valence-corrected chi connectivity index (χ1v) is 8.03. The summed E-state index contributed by atoms with van der Waals surface area (Å²) < 4.78 is 0. The predicted octanol–water partition coefficient (Wildman–Crippen LogP) is 4.32. The quantitative estimate of drug-likeness (QED) is 0.761. The third-order valence-corrected chi connectivity index (χ3v) is 4.36. The van der Waals surface area contributed by atoms with Crippen LogP contribution in [0.3, 0.4) is 0 Å². The summed E-state index contributed by atoms with van der Waals surface area (Å²) in [5.41, 5.74) is 2.98. The fraction of sp³-hybridized carbons (Fsp3) is 0.190. The molecule has 0 saturated carbocycles. The highest BCUT2D eigenvalue weighted by molar-refractivity contribution is 5.90. The lowest BCUT2D eigenvalue weighted by Gasteiger charge is -2.18. The maximum absolute atomic E-state index is 12.0. The minimum absolute atomic E-state index is 0.477.